The summed E-state index contributed by atoms with van der Waals surface area (Å²) in [6.45, 7) is 3.45. The number of cyclic esters (lactones) is 1. The van der Waals surface area contributed by atoms with Gasteiger partial charge in [0.15, 0.2) is 5.82 Å². The predicted octanol–water partition coefficient (Wildman–Crippen LogP) is 2.38. The number of carbonyl (C=O) groups is 2. The molecular weight excluding hydrogens is 400 g/mol. The fourth-order valence-corrected chi connectivity index (χ4v) is 3.45. The zero-order valence-corrected chi connectivity index (χ0v) is 16.3. The molecular formula is C19H21F2N5O4. The molecule has 4 rings (SSSR count). The average Bonchev–Trinajstić information content (AvgIpc) is 3.26. The molecule has 0 spiro atoms. The highest BCUT2D eigenvalue weighted by atomic mass is 19.3. The van der Waals surface area contributed by atoms with Gasteiger partial charge in [0.1, 0.15) is 36.9 Å². The molecule has 30 heavy (non-hydrogen) atoms. The van der Waals surface area contributed by atoms with E-state index in [2.05, 4.69) is 10.3 Å². The molecule has 1 unspecified atom stereocenters. The molecule has 1 fully saturated rings. The summed E-state index contributed by atoms with van der Waals surface area (Å²) in [5, 5.41) is 2.99. The second-order valence-electron chi connectivity index (χ2n) is 7.32. The molecule has 1 saturated heterocycles. The normalized spacial score (nSPS) is 21.4. The molecule has 3 atom stereocenters. The van der Waals surface area contributed by atoms with Crippen molar-refractivity contribution in [1.82, 2.24) is 9.55 Å². The Morgan fingerprint density at radius 1 is 1.33 bits per heavy atom. The lowest BCUT2D eigenvalue weighted by Gasteiger charge is -2.18. The van der Waals surface area contributed by atoms with Crippen LogP contribution in [-0.2, 0) is 9.53 Å². The van der Waals surface area contributed by atoms with Crippen molar-refractivity contribution in [2.45, 2.75) is 38.4 Å². The maximum absolute atomic E-state index is 13.4. The number of hydrogen-bond acceptors (Lipinski definition) is 6. The number of nitrogens with two attached hydrogens (primary N) is 1. The zero-order chi connectivity index (χ0) is 21.6. The molecule has 11 heteroatoms. The van der Waals surface area contributed by atoms with Crippen LogP contribution in [0.4, 0.5) is 25.1 Å². The SMILES string of the molecule is CC(Nc1ccc2c(c1)OC[C@H](C)n1cc(N3C(=O)OC[C@H]3C(F)F)nc1-2)C(N)=O. The second-order valence-corrected chi connectivity index (χ2v) is 7.32. The summed E-state index contributed by atoms with van der Waals surface area (Å²) in [6.07, 6.45) is -2.05. The standard InChI is InChI=1S/C19H21F2N5O4/c1-9-7-29-14-5-11(23-10(2)17(22)27)3-4-12(14)18-24-15(6-25(9)18)26-13(16(20)21)8-30-19(26)28/h3-6,9-10,13,16,23H,7-8H2,1-2H3,(H2,22,27)/t9-,10?,13-/m0/s1. The third-order valence-electron chi connectivity index (χ3n) is 5.15. The van der Waals surface area contributed by atoms with Crippen LogP contribution in [0.1, 0.15) is 19.9 Å². The number of amides is 2. The van der Waals surface area contributed by atoms with Gasteiger partial charge in [0.2, 0.25) is 5.91 Å². The highest BCUT2D eigenvalue weighted by molar-refractivity contribution is 5.90. The minimum Gasteiger partial charge on any atom is -0.491 e. The van der Waals surface area contributed by atoms with Crippen LogP contribution in [0.15, 0.2) is 24.4 Å². The minimum atomic E-state index is -2.76. The van der Waals surface area contributed by atoms with Gasteiger partial charge in [-0.1, -0.05) is 0 Å². The van der Waals surface area contributed by atoms with Crippen LogP contribution in [-0.4, -0.2) is 53.3 Å². The first kappa shape index (κ1) is 19.9. The first-order chi connectivity index (χ1) is 14.3. The molecule has 2 aliphatic heterocycles. The molecule has 0 bridgehead atoms. The van der Waals surface area contributed by atoms with Crippen molar-refractivity contribution in [3.05, 3.63) is 24.4 Å². The van der Waals surface area contributed by atoms with Crippen molar-refractivity contribution in [2.75, 3.05) is 23.4 Å². The van der Waals surface area contributed by atoms with Crippen molar-refractivity contribution >= 4 is 23.5 Å². The maximum Gasteiger partial charge on any atom is 0.416 e. The van der Waals surface area contributed by atoms with Gasteiger partial charge in [0.25, 0.3) is 6.43 Å². The Bertz CT molecular complexity index is 995. The quantitative estimate of drug-likeness (QED) is 0.767. The summed E-state index contributed by atoms with van der Waals surface area (Å²) in [5.74, 6) is 0.592. The van der Waals surface area contributed by atoms with Crippen LogP contribution >= 0.6 is 0 Å². The number of hydrogen-bond donors (Lipinski definition) is 2. The van der Waals surface area contributed by atoms with Gasteiger partial charge in [0.05, 0.1) is 11.6 Å². The van der Waals surface area contributed by atoms with E-state index in [-0.39, 0.29) is 18.5 Å². The third-order valence-corrected chi connectivity index (χ3v) is 5.15. The van der Waals surface area contributed by atoms with Crippen LogP contribution < -0.4 is 20.7 Å². The number of aromatic nitrogens is 2. The van der Waals surface area contributed by atoms with Crippen molar-refractivity contribution in [3.63, 3.8) is 0 Å². The zero-order valence-electron chi connectivity index (χ0n) is 16.3. The van der Waals surface area contributed by atoms with E-state index in [1.165, 1.54) is 0 Å². The molecule has 0 radical (unpaired) electrons. The lowest BCUT2D eigenvalue weighted by molar-refractivity contribution is -0.118. The average molecular weight is 421 g/mol. The number of ether oxygens (including phenoxy) is 2. The molecule has 2 amide bonds. The summed E-state index contributed by atoms with van der Waals surface area (Å²) in [6, 6.07) is 3.08. The van der Waals surface area contributed by atoms with E-state index in [9.17, 15) is 18.4 Å². The summed E-state index contributed by atoms with van der Waals surface area (Å²) in [5.41, 5.74) is 6.55. The Kier molecular flexibility index (Phi) is 4.96. The summed E-state index contributed by atoms with van der Waals surface area (Å²) < 4.78 is 39.2. The number of halogens is 2. The van der Waals surface area contributed by atoms with Gasteiger partial charge in [-0.25, -0.2) is 23.5 Å². The van der Waals surface area contributed by atoms with Gasteiger partial charge in [-0.15, -0.1) is 0 Å². The topological polar surface area (TPSA) is 112 Å². The van der Waals surface area contributed by atoms with E-state index in [0.29, 0.717) is 29.4 Å². The van der Waals surface area contributed by atoms with Gasteiger partial charge in [0, 0.05) is 18.0 Å². The molecule has 1 aromatic heterocycles. The maximum atomic E-state index is 13.4. The molecule has 3 N–H and O–H groups in total. The Labute approximate surface area is 170 Å². The Hall–Kier alpha value is -3.37. The summed E-state index contributed by atoms with van der Waals surface area (Å²) >= 11 is 0. The van der Waals surface area contributed by atoms with Crippen LogP contribution in [0.5, 0.6) is 5.75 Å². The number of rotatable bonds is 5. The van der Waals surface area contributed by atoms with Gasteiger partial charge >= 0.3 is 6.09 Å². The number of alkyl halides is 2. The first-order valence-electron chi connectivity index (χ1n) is 9.42. The highest BCUT2D eigenvalue weighted by Gasteiger charge is 2.42. The number of nitrogens with one attached hydrogen (secondary N) is 1. The number of fused-ring (bicyclic) bond motifs is 3. The van der Waals surface area contributed by atoms with E-state index in [4.69, 9.17) is 15.2 Å². The van der Waals surface area contributed by atoms with Crippen LogP contribution in [0.2, 0.25) is 0 Å². The van der Waals surface area contributed by atoms with Gasteiger partial charge in [-0.2, -0.15) is 0 Å². The van der Waals surface area contributed by atoms with E-state index in [1.54, 1.807) is 35.9 Å². The molecule has 160 valence electrons. The van der Waals surface area contributed by atoms with Crippen LogP contribution in [0.25, 0.3) is 11.4 Å². The van der Waals surface area contributed by atoms with E-state index in [1.807, 2.05) is 6.92 Å². The monoisotopic (exact) mass is 421 g/mol. The number of anilines is 2. The predicted molar refractivity (Wildman–Crippen MR) is 104 cm³/mol. The van der Waals surface area contributed by atoms with E-state index >= 15 is 0 Å². The number of carbonyl (C=O) groups excluding carboxylic acids is 2. The van der Waals surface area contributed by atoms with Crippen LogP contribution in [0, 0.1) is 0 Å². The van der Waals surface area contributed by atoms with E-state index in [0.717, 1.165) is 4.90 Å². The summed E-state index contributed by atoms with van der Waals surface area (Å²) in [4.78, 5) is 28.7. The Balaban J connectivity index is 1.72. The van der Waals surface area contributed by atoms with Gasteiger partial charge < -0.3 is 25.1 Å². The minimum absolute atomic E-state index is 0.0991. The Morgan fingerprint density at radius 3 is 2.80 bits per heavy atom. The molecule has 2 aromatic rings. The van der Waals surface area contributed by atoms with Crippen molar-refractivity contribution in [3.8, 4) is 17.1 Å². The van der Waals surface area contributed by atoms with Crippen molar-refractivity contribution < 1.29 is 27.8 Å². The number of primary amides is 1. The molecule has 0 aliphatic carbocycles. The molecule has 1 aromatic carbocycles. The second kappa shape index (κ2) is 7.47. The fourth-order valence-electron chi connectivity index (χ4n) is 3.45. The molecule has 3 heterocycles. The van der Waals surface area contributed by atoms with Gasteiger partial charge in [-0.05, 0) is 26.0 Å². The van der Waals surface area contributed by atoms with E-state index < -0.39 is 30.5 Å². The van der Waals surface area contributed by atoms with Crippen LogP contribution in [0.3, 0.4) is 0 Å². The smallest absolute Gasteiger partial charge is 0.416 e. The third kappa shape index (κ3) is 3.40. The van der Waals surface area contributed by atoms with Crippen molar-refractivity contribution in [2.24, 2.45) is 5.73 Å². The number of nitrogens with zero attached hydrogens (tertiary/aromatic N) is 3. The number of benzene rings is 1. The highest BCUT2D eigenvalue weighted by Crippen LogP contribution is 2.39. The molecule has 0 saturated carbocycles. The summed E-state index contributed by atoms with van der Waals surface area (Å²) in [7, 11) is 0. The van der Waals surface area contributed by atoms with Crippen molar-refractivity contribution in [1.29, 1.82) is 0 Å². The number of imidazole rings is 1. The molecule has 9 nitrogen and oxygen atoms in total. The molecule has 2 aliphatic rings. The fraction of sp³-hybridized carbons (Fsp3) is 0.421. The Morgan fingerprint density at radius 2 is 2.10 bits per heavy atom. The lowest BCUT2D eigenvalue weighted by atomic mass is 10.1. The largest absolute Gasteiger partial charge is 0.491 e. The first-order valence-corrected chi connectivity index (χ1v) is 9.42. The van der Waals surface area contributed by atoms with Gasteiger partial charge in [-0.3, -0.25) is 4.79 Å². The lowest BCUT2D eigenvalue weighted by Crippen LogP contribution is -2.38.